The SMILES string of the molecule is C=CC=C.[Li][C]1=CC=CCC1. The van der Waals surface area contributed by atoms with E-state index in [0.717, 1.165) is 0 Å². The van der Waals surface area contributed by atoms with Gasteiger partial charge in [0.25, 0.3) is 0 Å². The van der Waals surface area contributed by atoms with Gasteiger partial charge in [0.1, 0.15) is 0 Å². The minimum atomic E-state index is 1.24. The molecular formula is C10H13Li. The van der Waals surface area contributed by atoms with E-state index in [1.807, 2.05) is 0 Å². The van der Waals surface area contributed by atoms with Gasteiger partial charge in [0.05, 0.1) is 0 Å². The molecule has 1 heteroatoms. The van der Waals surface area contributed by atoms with Crippen LogP contribution in [0.5, 0.6) is 0 Å². The summed E-state index contributed by atoms with van der Waals surface area (Å²) < 4.78 is 1.50. The van der Waals surface area contributed by atoms with Crippen LogP contribution in [-0.4, -0.2) is 17.7 Å². The predicted octanol–water partition coefficient (Wildman–Crippen LogP) is 2.75. The van der Waals surface area contributed by atoms with Crippen molar-refractivity contribution in [3.8, 4) is 0 Å². The van der Waals surface area contributed by atoms with Gasteiger partial charge in [-0.25, -0.2) is 0 Å². The Labute approximate surface area is 78.6 Å². The van der Waals surface area contributed by atoms with Crippen LogP contribution in [0.3, 0.4) is 0 Å². The molecule has 0 atom stereocenters. The molecule has 0 bridgehead atoms. The summed E-state index contributed by atoms with van der Waals surface area (Å²) >= 11 is 2.17. The standard InChI is InChI=1S/C6H7.C4H6.Li/c1-2-4-6-5-3-1;1-3-4-2;/h1-3H,4,6H2;3-4H,1-2H2;. The molecule has 0 nitrogen and oxygen atoms in total. The third-order valence-corrected chi connectivity index (χ3v) is 1.39. The first-order valence-corrected chi connectivity index (χ1v) is 3.87. The maximum absolute atomic E-state index is 3.36. The van der Waals surface area contributed by atoms with Gasteiger partial charge in [0.2, 0.25) is 0 Å². The third kappa shape index (κ3) is 7.45. The van der Waals surface area contributed by atoms with E-state index in [9.17, 15) is 0 Å². The summed E-state index contributed by atoms with van der Waals surface area (Å²) in [5, 5.41) is 0. The average Bonchev–Trinajstić information content (AvgIpc) is 2.07. The molecular weight excluding hydrogens is 127 g/mol. The molecule has 0 heterocycles. The quantitative estimate of drug-likeness (QED) is 0.388. The van der Waals surface area contributed by atoms with Crippen molar-refractivity contribution in [3.63, 3.8) is 0 Å². The third-order valence-electron chi connectivity index (χ3n) is 1.39. The number of rotatable bonds is 1. The zero-order valence-corrected chi connectivity index (χ0v) is 7.22. The molecule has 0 unspecified atom stereocenters. The Hall–Kier alpha value is -0.443. The van der Waals surface area contributed by atoms with Crippen molar-refractivity contribution in [1.29, 1.82) is 0 Å². The average molecular weight is 140 g/mol. The summed E-state index contributed by atoms with van der Waals surface area (Å²) in [4.78, 5) is 0. The fourth-order valence-electron chi connectivity index (χ4n) is 0.723. The summed E-state index contributed by atoms with van der Waals surface area (Å²) in [5.74, 6) is 0. The summed E-state index contributed by atoms with van der Waals surface area (Å²) in [6, 6.07) is 0. The van der Waals surface area contributed by atoms with Gasteiger partial charge in [-0.05, 0) is 0 Å². The van der Waals surface area contributed by atoms with Crippen molar-refractivity contribution in [1.82, 2.24) is 0 Å². The van der Waals surface area contributed by atoms with Crippen LogP contribution >= 0.6 is 0 Å². The summed E-state index contributed by atoms with van der Waals surface area (Å²) in [6.45, 7) is 6.72. The Balaban J connectivity index is 0.000000218. The van der Waals surface area contributed by atoms with Crippen LogP contribution in [0, 0.1) is 0 Å². The first-order chi connectivity index (χ1) is 5.31. The van der Waals surface area contributed by atoms with Gasteiger partial charge in [0, 0.05) is 0 Å². The van der Waals surface area contributed by atoms with Crippen molar-refractivity contribution in [2.45, 2.75) is 12.8 Å². The van der Waals surface area contributed by atoms with Gasteiger partial charge >= 0.3 is 53.0 Å². The fraction of sp³-hybridized carbons (Fsp3) is 0.200. The summed E-state index contributed by atoms with van der Waals surface area (Å²) in [5.41, 5.74) is 0. The predicted molar refractivity (Wildman–Crippen MR) is 52.6 cm³/mol. The van der Waals surface area contributed by atoms with E-state index in [1.165, 1.54) is 17.1 Å². The van der Waals surface area contributed by atoms with Crippen LogP contribution in [-0.2, 0) is 0 Å². The van der Waals surface area contributed by atoms with E-state index in [0.29, 0.717) is 0 Å². The zero-order valence-electron chi connectivity index (χ0n) is 7.22. The zero-order chi connectivity index (χ0) is 8.53. The summed E-state index contributed by atoms with van der Waals surface area (Å²) in [6.07, 6.45) is 12.3. The van der Waals surface area contributed by atoms with Crippen molar-refractivity contribution < 1.29 is 0 Å². The van der Waals surface area contributed by atoms with Crippen LogP contribution in [0.4, 0.5) is 0 Å². The molecule has 0 saturated heterocycles. The molecule has 0 amide bonds. The van der Waals surface area contributed by atoms with Crippen LogP contribution in [0.25, 0.3) is 0 Å². The topological polar surface area (TPSA) is 0 Å². The maximum atomic E-state index is 3.36. The minimum absolute atomic E-state index is 1.24. The molecule has 0 saturated carbocycles. The van der Waals surface area contributed by atoms with E-state index in [2.05, 4.69) is 49.1 Å². The Morgan fingerprint density at radius 2 is 2.00 bits per heavy atom. The summed E-state index contributed by atoms with van der Waals surface area (Å²) in [7, 11) is 0. The van der Waals surface area contributed by atoms with Gasteiger partial charge in [0.15, 0.2) is 0 Å². The first-order valence-electron chi connectivity index (χ1n) is 3.87. The van der Waals surface area contributed by atoms with Gasteiger partial charge in [-0.3, -0.25) is 0 Å². The molecule has 0 aromatic rings. The molecule has 1 rings (SSSR count). The van der Waals surface area contributed by atoms with Gasteiger partial charge in [-0.2, -0.15) is 0 Å². The number of hydrogen-bond acceptors (Lipinski definition) is 0. The normalized spacial score (nSPS) is 14.2. The van der Waals surface area contributed by atoms with Crippen LogP contribution in [0.2, 0.25) is 0 Å². The van der Waals surface area contributed by atoms with Gasteiger partial charge in [-0.15, -0.1) is 0 Å². The number of hydrogen-bond donors (Lipinski definition) is 0. The monoisotopic (exact) mass is 140 g/mol. The Kier molecular flexibility index (Phi) is 7.35. The van der Waals surface area contributed by atoms with Crippen molar-refractivity contribution >= 4 is 17.7 Å². The van der Waals surface area contributed by atoms with Crippen molar-refractivity contribution in [2.24, 2.45) is 0 Å². The van der Waals surface area contributed by atoms with Crippen LogP contribution < -0.4 is 0 Å². The fourth-order valence-corrected chi connectivity index (χ4v) is 0.723. The van der Waals surface area contributed by atoms with E-state index < -0.39 is 0 Å². The Morgan fingerprint density at radius 3 is 2.18 bits per heavy atom. The Bertz CT molecular complexity index is 169. The van der Waals surface area contributed by atoms with Crippen molar-refractivity contribution in [2.75, 3.05) is 0 Å². The van der Waals surface area contributed by atoms with Gasteiger partial charge in [-0.1, -0.05) is 25.3 Å². The molecule has 1 aliphatic rings. The molecule has 0 radical (unpaired) electrons. The van der Waals surface area contributed by atoms with E-state index in [1.54, 1.807) is 12.2 Å². The van der Waals surface area contributed by atoms with Gasteiger partial charge < -0.3 is 0 Å². The molecule has 11 heavy (non-hydrogen) atoms. The van der Waals surface area contributed by atoms with Crippen LogP contribution in [0.15, 0.2) is 47.8 Å². The molecule has 0 aliphatic heterocycles. The van der Waals surface area contributed by atoms with E-state index in [4.69, 9.17) is 0 Å². The second-order valence-electron chi connectivity index (χ2n) is 2.45. The molecule has 0 N–H and O–H groups in total. The number of allylic oxidation sites excluding steroid dienone is 6. The molecule has 0 aromatic heterocycles. The molecule has 1 aliphatic carbocycles. The van der Waals surface area contributed by atoms with E-state index in [-0.39, 0.29) is 0 Å². The Morgan fingerprint density at radius 1 is 1.36 bits per heavy atom. The molecule has 0 fully saturated rings. The van der Waals surface area contributed by atoms with E-state index >= 15 is 0 Å². The molecule has 0 aromatic carbocycles. The first kappa shape index (κ1) is 10.6. The van der Waals surface area contributed by atoms with Crippen molar-refractivity contribution in [3.05, 3.63) is 47.8 Å². The second-order valence-corrected chi connectivity index (χ2v) is 2.45. The molecule has 0 spiro atoms. The second kappa shape index (κ2) is 7.66. The molecule has 54 valence electrons. The van der Waals surface area contributed by atoms with Crippen LogP contribution in [0.1, 0.15) is 12.8 Å².